The zero-order chi connectivity index (χ0) is 12.8. The molecule has 1 atom stereocenters. The molecule has 0 aliphatic rings. The van der Waals surface area contributed by atoms with E-state index in [4.69, 9.17) is 0 Å². The number of aliphatic hydroxyl groups excluding tert-OH is 1. The van der Waals surface area contributed by atoms with Crippen LogP contribution in [0, 0.1) is 10.5 Å². The van der Waals surface area contributed by atoms with Crippen molar-refractivity contribution in [2.24, 2.45) is 0 Å². The van der Waals surface area contributed by atoms with E-state index in [2.05, 4.69) is 27.9 Å². The number of carbonyl (C=O) groups excluding carboxylic acids is 1. The fraction of sp³-hybridized carbons (Fsp3) is 0.462. The molecule has 1 aromatic carbocycles. The molecule has 1 amide bonds. The fourth-order valence-electron chi connectivity index (χ4n) is 1.56. The topological polar surface area (TPSA) is 49.3 Å². The summed E-state index contributed by atoms with van der Waals surface area (Å²) in [7, 11) is 0. The molecule has 0 aromatic heterocycles. The summed E-state index contributed by atoms with van der Waals surface area (Å²) in [5.41, 5.74) is 1.77. The van der Waals surface area contributed by atoms with Gasteiger partial charge >= 0.3 is 0 Å². The summed E-state index contributed by atoms with van der Waals surface area (Å²) in [5, 5.41) is 12.3. The number of carbonyl (C=O) groups is 1. The molecule has 0 radical (unpaired) electrons. The van der Waals surface area contributed by atoms with Crippen LogP contribution in [0.5, 0.6) is 0 Å². The van der Waals surface area contributed by atoms with Gasteiger partial charge in [-0.25, -0.2) is 0 Å². The number of aliphatic hydroxyl groups is 1. The quantitative estimate of drug-likeness (QED) is 0.804. The molecular weight excluding hydrogens is 329 g/mol. The first kappa shape index (κ1) is 14.4. The number of hydrogen-bond donors (Lipinski definition) is 2. The van der Waals surface area contributed by atoms with E-state index in [-0.39, 0.29) is 5.91 Å². The van der Waals surface area contributed by atoms with Crippen LogP contribution in [-0.2, 0) is 0 Å². The second kappa shape index (κ2) is 6.96. The highest BCUT2D eigenvalue weighted by molar-refractivity contribution is 14.1. The number of rotatable bonds is 5. The Morgan fingerprint density at radius 2 is 2.24 bits per heavy atom. The Balaban J connectivity index is 2.61. The van der Waals surface area contributed by atoms with Gasteiger partial charge in [0.05, 0.1) is 11.7 Å². The van der Waals surface area contributed by atoms with Crippen molar-refractivity contribution in [2.75, 3.05) is 6.54 Å². The molecular formula is C13H18INO2. The van der Waals surface area contributed by atoms with E-state index in [1.54, 1.807) is 6.07 Å². The van der Waals surface area contributed by atoms with E-state index in [1.807, 2.05) is 26.0 Å². The number of aryl methyl sites for hydroxylation is 1. The SMILES string of the molecule is CCCC(O)CNC(=O)c1cccc(C)c1I. The molecule has 0 spiro atoms. The van der Waals surface area contributed by atoms with Crippen molar-refractivity contribution in [1.29, 1.82) is 0 Å². The molecule has 4 heteroatoms. The Labute approximate surface area is 116 Å². The van der Waals surface area contributed by atoms with E-state index >= 15 is 0 Å². The van der Waals surface area contributed by atoms with Crippen LogP contribution in [0.15, 0.2) is 18.2 Å². The van der Waals surface area contributed by atoms with Gasteiger partial charge in [-0.2, -0.15) is 0 Å². The molecule has 1 unspecified atom stereocenters. The van der Waals surface area contributed by atoms with Crippen molar-refractivity contribution in [3.63, 3.8) is 0 Å². The molecule has 94 valence electrons. The Bertz CT molecular complexity index is 393. The molecule has 17 heavy (non-hydrogen) atoms. The van der Waals surface area contributed by atoms with Crippen molar-refractivity contribution in [3.05, 3.63) is 32.9 Å². The van der Waals surface area contributed by atoms with Gasteiger partial charge < -0.3 is 10.4 Å². The van der Waals surface area contributed by atoms with Crippen LogP contribution < -0.4 is 5.32 Å². The van der Waals surface area contributed by atoms with E-state index in [0.29, 0.717) is 18.5 Å². The van der Waals surface area contributed by atoms with Gasteiger partial charge in [0.1, 0.15) is 0 Å². The number of benzene rings is 1. The van der Waals surface area contributed by atoms with E-state index < -0.39 is 6.10 Å². The molecule has 2 N–H and O–H groups in total. The molecule has 1 rings (SSSR count). The van der Waals surface area contributed by atoms with Gasteiger partial charge in [0, 0.05) is 10.1 Å². The van der Waals surface area contributed by atoms with E-state index in [1.165, 1.54) is 0 Å². The first-order valence-corrected chi connectivity index (χ1v) is 6.85. The predicted octanol–water partition coefficient (Wildman–Crippen LogP) is 2.49. The third-order valence-electron chi connectivity index (χ3n) is 2.56. The zero-order valence-electron chi connectivity index (χ0n) is 10.2. The van der Waals surface area contributed by atoms with Crippen LogP contribution in [0.4, 0.5) is 0 Å². The molecule has 0 aliphatic carbocycles. The highest BCUT2D eigenvalue weighted by Crippen LogP contribution is 2.16. The van der Waals surface area contributed by atoms with Crippen LogP contribution >= 0.6 is 22.6 Å². The standard InChI is InChI=1S/C13H18INO2/c1-3-5-10(16)8-15-13(17)11-7-4-6-9(2)12(11)14/h4,6-7,10,16H,3,5,8H2,1-2H3,(H,15,17). The Kier molecular flexibility index (Phi) is 5.91. The molecule has 0 saturated carbocycles. The lowest BCUT2D eigenvalue weighted by Gasteiger charge is -2.12. The maximum Gasteiger partial charge on any atom is 0.252 e. The predicted molar refractivity (Wildman–Crippen MR) is 77.1 cm³/mol. The summed E-state index contributed by atoms with van der Waals surface area (Å²) in [5.74, 6) is -0.117. The second-order valence-corrected chi connectivity index (χ2v) is 5.17. The molecule has 0 saturated heterocycles. The third-order valence-corrected chi connectivity index (χ3v) is 3.99. The first-order valence-electron chi connectivity index (χ1n) is 5.77. The molecule has 3 nitrogen and oxygen atoms in total. The van der Waals surface area contributed by atoms with Crippen molar-refractivity contribution < 1.29 is 9.90 Å². The van der Waals surface area contributed by atoms with Crippen LogP contribution in [0.2, 0.25) is 0 Å². The summed E-state index contributed by atoms with van der Waals surface area (Å²) >= 11 is 2.17. The Morgan fingerprint density at radius 1 is 1.53 bits per heavy atom. The Hall–Kier alpha value is -0.620. The lowest BCUT2D eigenvalue weighted by atomic mass is 10.1. The number of hydrogen-bond acceptors (Lipinski definition) is 2. The summed E-state index contributed by atoms with van der Waals surface area (Å²) in [6, 6.07) is 5.65. The average molecular weight is 347 g/mol. The summed E-state index contributed by atoms with van der Waals surface area (Å²) in [6.45, 7) is 4.30. The van der Waals surface area contributed by atoms with E-state index in [0.717, 1.165) is 15.6 Å². The fourth-order valence-corrected chi connectivity index (χ4v) is 2.17. The summed E-state index contributed by atoms with van der Waals surface area (Å²) in [6.07, 6.45) is 1.18. The number of halogens is 1. The maximum absolute atomic E-state index is 11.9. The van der Waals surface area contributed by atoms with Crippen LogP contribution in [0.3, 0.4) is 0 Å². The average Bonchev–Trinajstić information content (AvgIpc) is 2.30. The second-order valence-electron chi connectivity index (χ2n) is 4.09. The smallest absolute Gasteiger partial charge is 0.252 e. The van der Waals surface area contributed by atoms with Gasteiger partial charge in [0.2, 0.25) is 0 Å². The largest absolute Gasteiger partial charge is 0.391 e. The monoisotopic (exact) mass is 347 g/mol. The molecule has 0 aliphatic heterocycles. The first-order chi connectivity index (χ1) is 8.06. The normalized spacial score (nSPS) is 12.2. The molecule has 0 bridgehead atoms. The van der Waals surface area contributed by atoms with Crippen LogP contribution in [-0.4, -0.2) is 23.7 Å². The lowest BCUT2D eigenvalue weighted by molar-refractivity contribution is 0.0909. The highest BCUT2D eigenvalue weighted by Gasteiger charge is 2.12. The minimum atomic E-state index is -0.452. The van der Waals surface area contributed by atoms with Crippen molar-refractivity contribution in [3.8, 4) is 0 Å². The van der Waals surface area contributed by atoms with Gasteiger partial charge in [0.25, 0.3) is 5.91 Å². The molecule has 0 heterocycles. The van der Waals surface area contributed by atoms with Gasteiger partial charge in [-0.05, 0) is 47.6 Å². The summed E-state index contributed by atoms with van der Waals surface area (Å²) < 4.78 is 0.965. The van der Waals surface area contributed by atoms with Gasteiger partial charge in [-0.15, -0.1) is 0 Å². The van der Waals surface area contributed by atoms with Crippen molar-refractivity contribution in [2.45, 2.75) is 32.8 Å². The molecule has 0 fully saturated rings. The third kappa shape index (κ3) is 4.27. The van der Waals surface area contributed by atoms with Crippen LogP contribution in [0.1, 0.15) is 35.7 Å². The number of nitrogens with one attached hydrogen (secondary N) is 1. The maximum atomic E-state index is 11.9. The minimum absolute atomic E-state index is 0.117. The zero-order valence-corrected chi connectivity index (χ0v) is 12.3. The highest BCUT2D eigenvalue weighted by atomic mass is 127. The minimum Gasteiger partial charge on any atom is -0.391 e. The Morgan fingerprint density at radius 3 is 2.88 bits per heavy atom. The van der Waals surface area contributed by atoms with Gasteiger partial charge in [-0.1, -0.05) is 25.5 Å². The van der Waals surface area contributed by atoms with Gasteiger partial charge in [0.15, 0.2) is 0 Å². The van der Waals surface area contributed by atoms with Crippen molar-refractivity contribution in [1.82, 2.24) is 5.32 Å². The number of amides is 1. The van der Waals surface area contributed by atoms with Crippen molar-refractivity contribution >= 4 is 28.5 Å². The lowest BCUT2D eigenvalue weighted by Crippen LogP contribution is -2.32. The van der Waals surface area contributed by atoms with Crippen LogP contribution in [0.25, 0.3) is 0 Å². The van der Waals surface area contributed by atoms with E-state index in [9.17, 15) is 9.90 Å². The van der Waals surface area contributed by atoms with Gasteiger partial charge in [-0.3, -0.25) is 4.79 Å². The molecule has 1 aromatic rings. The summed E-state index contributed by atoms with van der Waals surface area (Å²) in [4.78, 5) is 11.9.